The highest BCUT2D eigenvalue weighted by Crippen LogP contribution is 2.31. The van der Waals surface area contributed by atoms with Gasteiger partial charge < -0.3 is 20.5 Å². The number of aromatic nitrogens is 3. The third-order valence-electron chi connectivity index (χ3n) is 3.78. The third-order valence-corrected chi connectivity index (χ3v) is 4.01. The Morgan fingerprint density at radius 2 is 1.93 bits per heavy atom. The van der Waals surface area contributed by atoms with Crippen molar-refractivity contribution in [3.05, 3.63) is 53.8 Å². The Labute approximate surface area is 162 Å². The number of rotatable bonds is 7. The van der Waals surface area contributed by atoms with Crippen molar-refractivity contribution < 1.29 is 9.84 Å². The first-order valence-corrected chi connectivity index (χ1v) is 8.74. The van der Waals surface area contributed by atoms with Crippen LogP contribution in [0.25, 0.3) is 11.3 Å². The van der Waals surface area contributed by atoms with Crippen molar-refractivity contribution in [2.45, 2.75) is 13.0 Å². The molecular weight excluding hydrogens is 366 g/mol. The number of aliphatic hydroxyl groups excluding tert-OH is 1. The first-order valence-electron chi connectivity index (χ1n) is 8.36. The molecule has 0 spiro atoms. The van der Waals surface area contributed by atoms with Gasteiger partial charge in [-0.1, -0.05) is 11.6 Å². The average molecular weight is 386 g/mol. The summed E-state index contributed by atoms with van der Waals surface area (Å²) in [6, 6.07) is 10.7. The van der Waals surface area contributed by atoms with Gasteiger partial charge in [0, 0.05) is 35.1 Å². The van der Waals surface area contributed by atoms with Crippen molar-refractivity contribution in [2.24, 2.45) is 0 Å². The number of hydrogen-bond donors (Lipinski definition) is 3. The van der Waals surface area contributed by atoms with Gasteiger partial charge in [0.05, 0.1) is 25.1 Å². The highest BCUT2D eigenvalue weighted by Gasteiger charge is 2.11. The number of pyridine rings is 1. The Balaban J connectivity index is 2.01. The van der Waals surface area contributed by atoms with Gasteiger partial charge in [-0.3, -0.25) is 4.98 Å². The number of anilines is 3. The molecule has 0 radical (unpaired) electrons. The summed E-state index contributed by atoms with van der Waals surface area (Å²) in [6.07, 6.45) is 3.40. The number of nitrogens with one attached hydrogen (secondary N) is 2. The number of halogens is 1. The summed E-state index contributed by atoms with van der Waals surface area (Å²) in [7, 11) is 1.59. The van der Waals surface area contributed by atoms with Crippen molar-refractivity contribution >= 4 is 29.1 Å². The van der Waals surface area contributed by atoms with Crippen molar-refractivity contribution in [1.29, 1.82) is 0 Å². The van der Waals surface area contributed by atoms with Gasteiger partial charge in [-0.25, -0.2) is 4.98 Å². The van der Waals surface area contributed by atoms with Crippen LogP contribution >= 0.6 is 11.6 Å². The van der Waals surface area contributed by atoms with Crippen molar-refractivity contribution in [2.75, 3.05) is 24.4 Å². The zero-order valence-electron chi connectivity index (χ0n) is 15.0. The van der Waals surface area contributed by atoms with Crippen LogP contribution in [0.3, 0.4) is 0 Å². The molecule has 3 N–H and O–H groups in total. The van der Waals surface area contributed by atoms with Crippen LogP contribution in [0.5, 0.6) is 5.75 Å². The van der Waals surface area contributed by atoms with Crippen LogP contribution < -0.4 is 15.4 Å². The van der Waals surface area contributed by atoms with Gasteiger partial charge in [0.1, 0.15) is 11.6 Å². The molecule has 0 amide bonds. The van der Waals surface area contributed by atoms with E-state index < -0.39 is 0 Å². The molecule has 0 unspecified atom stereocenters. The minimum Gasteiger partial charge on any atom is -0.495 e. The van der Waals surface area contributed by atoms with E-state index in [0.29, 0.717) is 33.9 Å². The summed E-state index contributed by atoms with van der Waals surface area (Å²) in [5.41, 5.74) is 2.29. The Morgan fingerprint density at radius 3 is 2.63 bits per heavy atom. The topological polar surface area (TPSA) is 92.2 Å². The predicted octanol–water partition coefficient (Wildman–Crippen LogP) is 3.74. The number of methoxy groups -OCH3 is 1. The van der Waals surface area contributed by atoms with Crippen molar-refractivity contribution in [1.82, 2.24) is 15.0 Å². The second-order valence-electron chi connectivity index (χ2n) is 5.90. The number of hydrogen-bond acceptors (Lipinski definition) is 7. The molecule has 8 heteroatoms. The van der Waals surface area contributed by atoms with Gasteiger partial charge in [-0.15, -0.1) is 0 Å². The Bertz CT molecular complexity index is 908. The Morgan fingerprint density at radius 1 is 1.15 bits per heavy atom. The van der Waals surface area contributed by atoms with Crippen molar-refractivity contribution in [3.63, 3.8) is 0 Å². The van der Waals surface area contributed by atoms with E-state index in [0.717, 1.165) is 5.56 Å². The third kappa shape index (κ3) is 4.84. The van der Waals surface area contributed by atoms with Crippen LogP contribution in [-0.2, 0) is 0 Å². The lowest BCUT2D eigenvalue weighted by Gasteiger charge is -2.15. The highest BCUT2D eigenvalue weighted by atomic mass is 35.5. The molecule has 0 bridgehead atoms. The number of benzene rings is 1. The summed E-state index contributed by atoms with van der Waals surface area (Å²) < 4.78 is 5.38. The average Bonchev–Trinajstić information content (AvgIpc) is 2.68. The van der Waals surface area contributed by atoms with E-state index in [-0.39, 0.29) is 12.6 Å². The predicted molar refractivity (Wildman–Crippen MR) is 107 cm³/mol. The van der Waals surface area contributed by atoms with Crippen LogP contribution in [0.15, 0.2) is 48.8 Å². The summed E-state index contributed by atoms with van der Waals surface area (Å²) in [5, 5.41) is 16.2. The number of nitrogens with zero attached hydrogens (tertiary/aromatic N) is 3. The Hall–Kier alpha value is -2.90. The molecule has 0 aliphatic carbocycles. The van der Waals surface area contributed by atoms with Crippen LogP contribution in [0, 0.1) is 0 Å². The first-order chi connectivity index (χ1) is 13.1. The van der Waals surface area contributed by atoms with Gasteiger partial charge in [0.25, 0.3) is 0 Å². The van der Waals surface area contributed by atoms with E-state index in [1.807, 2.05) is 25.1 Å². The largest absolute Gasteiger partial charge is 0.495 e. The standard InChI is InChI=1S/C19H20ClN5O2/c1-12(11-26)22-19-24-15(13-5-7-21-8-6-13)10-18(25-19)23-16-9-14(20)3-4-17(16)27-2/h3-10,12,26H,11H2,1-2H3,(H2,22,23,24,25)/t12-/m0/s1. The highest BCUT2D eigenvalue weighted by molar-refractivity contribution is 6.31. The van der Waals surface area contributed by atoms with E-state index in [2.05, 4.69) is 25.6 Å². The molecule has 27 heavy (non-hydrogen) atoms. The maximum absolute atomic E-state index is 9.31. The smallest absolute Gasteiger partial charge is 0.225 e. The van der Waals surface area contributed by atoms with E-state index in [1.54, 1.807) is 37.7 Å². The summed E-state index contributed by atoms with van der Waals surface area (Å²) in [4.78, 5) is 13.1. The van der Waals surface area contributed by atoms with Gasteiger partial charge in [0.2, 0.25) is 5.95 Å². The molecule has 3 aromatic rings. The fourth-order valence-electron chi connectivity index (χ4n) is 2.43. The van der Waals surface area contributed by atoms with Gasteiger partial charge in [0.15, 0.2) is 0 Å². The van der Waals surface area contributed by atoms with E-state index in [9.17, 15) is 5.11 Å². The summed E-state index contributed by atoms with van der Waals surface area (Å²) in [5.74, 6) is 1.60. The van der Waals surface area contributed by atoms with Crippen LogP contribution in [-0.4, -0.2) is 39.8 Å². The lowest BCUT2D eigenvalue weighted by Crippen LogP contribution is -2.21. The minimum absolute atomic E-state index is 0.0340. The maximum Gasteiger partial charge on any atom is 0.225 e. The molecule has 7 nitrogen and oxygen atoms in total. The maximum atomic E-state index is 9.31. The minimum atomic E-state index is -0.189. The zero-order chi connectivity index (χ0) is 19.2. The van der Waals surface area contributed by atoms with Gasteiger partial charge in [-0.2, -0.15) is 4.98 Å². The van der Waals surface area contributed by atoms with E-state index in [1.165, 1.54) is 0 Å². The normalized spacial score (nSPS) is 11.7. The Kier molecular flexibility index (Phi) is 6.05. The number of ether oxygens (including phenoxy) is 1. The van der Waals surface area contributed by atoms with Gasteiger partial charge in [-0.05, 0) is 37.3 Å². The van der Waals surface area contributed by atoms with E-state index in [4.69, 9.17) is 16.3 Å². The fourth-order valence-corrected chi connectivity index (χ4v) is 2.60. The molecule has 1 atom stereocenters. The van der Waals surface area contributed by atoms with Crippen LogP contribution in [0.2, 0.25) is 5.02 Å². The molecule has 0 aliphatic rings. The zero-order valence-corrected chi connectivity index (χ0v) is 15.7. The molecule has 140 valence electrons. The second kappa shape index (κ2) is 8.66. The fraction of sp³-hybridized carbons (Fsp3) is 0.211. The molecular formula is C19H20ClN5O2. The lowest BCUT2D eigenvalue weighted by molar-refractivity contribution is 0.281. The van der Waals surface area contributed by atoms with E-state index >= 15 is 0 Å². The first kappa shape index (κ1) is 18.9. The monoisotopic (exact) mass is 385 g/mol. The molecule has 0 saturated heterocycles. The molecule has 0 aliphatic heterocycles. The SMILES string of the molecule is COc1ccc(Cl)cc1Nc1cc(-c2ccncc2)nc(N[C@@H](C)CO)n1. The molecule has 0 saturated carbocycles. The summed E-state index contributed by atoms with van der Waals surface area (Å²) in [6.45, 7) is 1.81. The van der Waals surface area contributed by atoms with Crippen LogP contribution in [0.1, 0.15) is 6.92 Å². The number of aliphatic hydroxyl groups is 1. The lowest BCUT2D eigenvalue weighted by atomic mass is 10.2. The quantitative estimate of drug-likeness (QED) is 0.570. The second-order valence-corrected chi connectivity index (χ2v) is 6.33. The van der Waals surface area contributed by atoms with Crippen molar-refractivity contribution in [3.8, 4) is 17.0 Å². The molecule has 1 aromatic carbocycles. The molecule has 2 heterocycles. The molecule has 3 rings (SSSR count). The molecule has 2 aromatic heterocycles. The van der Waals surface area contributed by atoms with Crippen LogP contribution in [0.4, 0.5) is 17.5 Å². The van der Waals surface area contributed by atoms with Gasteiger partial charge >= 0.3 is 0 Å². The molecule has 0 fully saturated rings. The summed E-state index contributed by atoms with van der Waals surface area (Å²) >= 11 is 6.11.